The Hall–Kier alpha value is -3.83. The summed E-state index contributed by atoms with van der Waals surface area (Å²) in [6.45, 7) is 8.19. The molecular weight excluding hydrogens is 601 g/mol. The third-order valence-corrected chi connectivity index (χ3v) is 7.59. The lowest BCUT2D eigenvalue weighted by Gasteiger charge is -2.16. The van der Waals surface area contributed by atoms with Crippen molar-refractivity contribution in [2.75, 3.05) is 72.6 Å². The van der Waals surface area contributed by atoms with Crippen molar-refractivity contribution in [1.29, 1.82) is 0 Å². The zero-order valence-electron chi connectivity index (χ0n) is 26.4. The maximum Gasteiger partial charge on any atom is 0.407 e. The number of halogens is 1. The minimum atomic E-state index is -0.788. The van der Waals surface area contributed by atoms with Crippen molar-refractivity contribution < 1.29 is 47.3 Å². The van der Waals surface area contributed by atoms with Crippen LogP contribution in [0.1, 0.15) is 32.6 Å². The molecule has 0 spiro atoms. The van der Waals surface area contributed by atoms with Crippen LogP contribution in [0.3, 0.4) is 0 Å². The van der Waals surface area contributed by atoms with Gasteiger partial charge in [-0.15, -0.1) is 11.8 Å². The topological polar surface area (TPSA) is 142 Å². The van der Waals surface area contributed by atoms with E-state index in [1.165, 1.54) is 6.08 Å². The number of nitrogens with one attached hydrogen (secondary N) is 2. The van der Waals surface area contributed by atoms with Crippen LogP contribution in [0.15, 0.2) is 48.0 Å². The van der Waals surface area contributed by atoms with E-state index in [1.807, 2.05) is 0 Å². The maximum absolute atomic E-state index is 14.1. The summed E-state index contributed by atoms with van der Waals surface area (Å²) in [4.78, 5) is 48.9. The Bertz CT molecular complexity index is 1200. The minimum Gasteiger partial charge on any atom is -0.449 e. The van der Waals surface area contributed by atoms with Crippen LogP contribution in [-0.2, 0) is 38.1 Å². The Labute approximate surface area is 269 Å². The second kappa shape index (κ2) is 20.3. The number of alkyl carbamates (subject to hydrolysis) is 1. The standard InChI is InChI=1S/C33H44FN3O9/c1-3-25(37-30(38)10-11-31(37)39)22-28(24(2)34)32(40)35-12-14-42-16-18-44-20-21-45-19-17-43-15-13-36-33(41)46-23-29-26-8-6-4-5-7-9-27(26)29/h3,10-11,22,26-27,29H,1,6-9,12-21,23H2,2H3,(H,35,40)(H,36,41)/b25-22+,28-24-/t26-,27+,29-. The average molecular weight is 646 g/mol. The van der Waals surface area contributed by atoms with Gasteiger partial charge in [0.25, 0.3) is 17.7 Å². The van der Waals surface area contributed by atoms with Crippen molar-refractivity contribution in [3.8, 4) is 11.8 Å². The number of nitrogens with zero attached hydrogens (tertiary/aromatic N) is 1. The molecule has 252 valence electrons. The number of hydrogen-bond acceptors (Lipinski definition) is 9. The molecule has 0 unspecified atom stereocenters. The zero-order chi connectivity index (χ0) is 33.1. The van der Waals surface area contributed by atoms with Crippen molar-refractivity contribution in [1.82, 2.24) is 15.5 Å². The molecule has 2 N–H and O–H groups in total. The van der Waals surface area contributed by atoms with Gasteiger partial charge in [0.05, 0.1) is 70.7 Å². The summed E-state index contributed by atoms with van der Waals surface area (Å²) in [5.74, 6) is 5.40. The van der Waals surface area contributed by atoms with Crippen molar-refractivity contribution in [2.24, 2.45) is 17.8 Å². The molecule has 0 aromatic carbocycles. The van der Waals surface area contributed by atoms with Gasteiger partial charge in [-0.3, -0.25) is 14.4 Å². The lowest BCUT2D eigenvalue weighted by molar-refractivity contribution is -0.134. The highest BCUT2D eigenvalue weighted by molar-refractivity contribution is 6.14. The monoisotopic (exact) mass is 645 g/mol. The molecule has 4 amide bonds. The van der Waals surface area contributed by atoms with Gasteiger partial charge in [-0.1, -0.05) is 6.58 Å². The lowest BCUT2D eigenvalue weighted by atomic mass is 10.1. The number of carbonyl (C=O) groups is 4. The third-order valence-electron chi connectivity index (χ3n) is 7.59. The van der Waals surface area contributed by atoms with Gasteiger partial charge < -0.3 is 34.3 Å². The van der Waals surface area contributed by atoms with Crippen molar-refractivity contribution in [3.63, 3.8) is 0 Å². The molecule has 46 heavy (non-hydrogen) atoms. The lowest BCUT2D eigenvalue weighted by Crippen LogP contribution is -2.31. The molecule has 0 saturated heterocycles. The quantitative estimate of drug-likeness (QED) is 0.0634. The Morgan fingerprint density at radius 3 is 1.89 bits per heavy atom. The van der Waals surface area contributed by atoms with Crippen LogP contribution in [0.4, 0.5) is 9.18 Å². The number of hydrogen-bond donors (Lipinski definition) is 2. The first kappa shape index (κ1) is 36.6. The van der Waals surface area contributed by atoms with Crippen molar-refractivity contribution in [2.45, 2.75) is 32.6 Å². The molecule has 12 nitrogen and oxygen atoms in total. The number of amides is 4. The molecule has 1 aliphatic heterocycles. The molecule has 3 rings (SSSR count). The van der Waals surface area contributed by atoms with Crippen LogP contribution in [-0.4, -0.2) is 101 Å². The molecule has 0 aromatic rings. The summed E-state index contributed by atoms with van der Waals surface area (Å²) in [6, 6.07) is 0. The molecule has 13 heteroatoms. The van der Waals surface area contributed by atoms with Gasteiger partial charge in [-0.2, -0.15) is 0 Å². The second-order valence-corrected chi connectivity index (χ2v) is 10.7. The highest BCUT2D eigenvalue weighted by Crippen LogP contribution is 2.52. The fourth-order valence-corrected chi connectivity index (χ4v) is 5.16. The number of imide groups is 1. The van der Waals surface area contributed by atoms with E-state index < -0.39 is 29.6 Å². The van der Waals surface area contributed by atoms with E-state index in [-0.39, 0.29) is 31.0 Å². The fraction of sp³-hybridized carbons (Fsp3) is 0.576. The first-order valence-corrected chi connectivity index (χ1v) is 15.6. The largest absolute Gasteiger partial charge is 0.449 e. The van der Waals surface area contributed by atoms with Crippen LogP contribution < -0.4 is 10.6 Å². The van der Waals surface area contributed by atoms with Gasteiger partial charge in [0.15, 0.2) is 0 Å². The van der Waals surface area contributed by atoms with E-state index in [0.29, 0.717) is 70.5 Å². The molecule has 1 fully saturated rings. The highest BCUT2D eigenvalue weighted by Gasteiger charge is 2.49. The van der Waals surface area contributed by atoms with Gasteiger partial charge >= 0.3 is 6.09 Å². The van der Waals surface area contributed by atoms with E-state index in [1.54, 1.807) is 0 Å². The first-order chi connectivity index (χ1) is 22.3. The first-order valence-electron chi connectivity index (χ1n) is 15.6. The predicted molar refractivity (Wildman–Crippen MR) is 165 cm³/mol. The van der Waals surface area contributed by atoms with E-state index >= 15 is 0 Å². The van der Waals surface area contributed by atoms with Gasteiger partial charge in [-0.25, -0.2) is 14.1 Å². The number of ether oxygens (including phenoxy) is 5. The summed E-state index contributed by atoms with van der Waals surface area (Å²) in [6.07, 6.45) is 8.12. The molecule has 1 saturated carbocycles. The van der Waals surface area contributed by atoms with Gasteiger partial charge in [0.1, 0.15) is 5.83 Å². The van der Waals surface area contributed by atoms with E-state index in [9.17, 15) is 23.6 Å². The number of fused-ring (bicyclic) bond motifs is 1. The fourth-order valence-electron chi connectivity index (χ4n) is 5.16. The third kappa shape index (κ3) is 12.5. The normalized spacial score (nSPS) is 21.0. The Balaban J connectivity index is 1.10. The van der Waals surface area contributed by atoms with Crippen LogP contribution >= 0.6 is 0 Å². The summed E-state index contributed by atoms with van der Waals surface area (Å²) in [5.41, 5.74) is -0.350. The Morgan fingerprint density at radius 1 is 0.891 bits per heavy atom. The second-order valence-electron chi connectivity index (χ2n) is 10.7. The van der Waals surface area contributed by atoms with Crippen LogP contribution in [0.25, 0.3) is 0 Å². The van der Waals surface area contributed by atoms with Crippen molar-refractivity contribution >= 4 is 23.8 Å². The number of allylic oxidation sites excluding steroid dienone is 2. The zero-order valence-corrected chi connectivity index (χ0v) is 26.4. The molecule has 1 heterocycles. The predicted octanol–water partition coefficient (Wildman–Crippen LogP) is 2.57. The van der Waals surface area contributed by atoms with Gasteiger partial charge in [-0.05, 0) is 49.7 Å². The number of rotatable bonds is 21. The molecule has 0 aromatic heterocycles. The summed E-state index contributed by atoms with van der Waals surface area (Å²) in [5, 5.41) is 5.23. The smallest absolute Gasteiger partial charge is 0.407 e. The number of carbonyl (C=O) groups excluding carboxylic acids is 4. The molecule has 3 atom stereocenters. The minimum absolute atomic E-state index is 0.0125. The van der Waals surface area contributed by atoms with E-state index in [2.05, 4.69) is 29.1 Å². The summed E-state index contributed by atoms with van der Waals surface area (Å²) < 4.78 is 41.2. The van der Waals surface area contributed by atoms with Crippen LogP contribution in [0.2, 0.25) is 0 Å². The summed E-state index contributed by atoms with van der Waals surface area (Å²) in [7, 11) is 0. The highest BCUT2D eigenvalue weighted by atomic mass is 19.1. The molecule has 2 aliphatic carbocycles. The van der Waals surface area contributed by atoms with Crippen LogP contribution in [0.5, 0.6) is 0 Å². The van der Waals surface area contributed by atoms with Crippen LogP contribution in [0, 0.1) is 29.6 Å². The molecule has 3 aliphatic rings. The van der Waals surface area contributed by atoms with Gasteiger partial charge in [0, 0.05) is 38.1 Å². The van der Waals surface area contributed by atoms with E-state index in [4.69, 9.17) is 23.7 Å². The SMILES string of the molecule is C=C/C(=C\C(C(=O)NCCOCCOCCOCCOCCNC(=O)OC[C@@H]1[C@@H]2CCC#CCC[C@@H]21)=C(/C)F)N1C(=O)C=CC1=O. The Kier molecular flexibility index (Phi) is 16.2. The maximum atomic E-state index is 14.1. The molecular formula is C33H44FN3O9. The van der Waals surface area contributed by atoms with E-state index in [0.717, 1.165) is 55.7 Å². The average Bonchev–Trinajstić information content (AvgIpc) is 3.55. The molecule has 0 radical (unpaired) electrons. The van der Waals surface area contributed by atoms with Gasteiger partial charge in [0.2, 0.25) is 0 Å². The van der Waals surface area contributed by atoms with Crippen molar-refractivity contribution in [3.05, 3.63) is 48.0 Å². The summed E-state index contributed by atoms with van der Waals surface area (Å²) >= 11 is 0. The molecule has 0 bridgehead atoms. The Morgan fingerprint density at radius 2 is 1.39 bits per heavy atom.